The molecule has 4 rings (SSSR count). The lowest BCUT2D eigenvalue weighted by atomic mass is 10.1. The quantitative estimate of drug-likeness (QED) is 0.554. The number of anilines is 1. The van der Waals surface area contributed by atoms with Gasteiger partial charge in [0, 0.05) is 23.9 Å². The van der Waals surface area contributed by atoms with Gasteiger partial charge >= 0.3 is 0 Å². The van der Waals surface area contributed by atoms with Crippen molar-refractivity contribution in [3.63, 3.8) is 0 Å². The van der Waals surface area contributed by atoms with E-state index in [2.05, 4.69) is 21.9 Å². The van der Waals surface area contributed by atoms with E-state index in [1.54, 1.807) is 0 Å². The highest BCUT2D eigenvalue weighted by Crippen LogP contribution is 2.25. The first-order valence-corrected chi connectivity index (χ1v) is 9.09. The summed E-state index contributed by atoms with van der Waals surface area (Å²) in [6, 6.07) is 23.9. The van der Waals surface area contributed by atoms with Crippen molar-refractivity contribution in [2.75, 3.05) is 5.32 Å². The van der Waals surface area contributed by atoms with Crippen LogP contribution in [0.2, 0.25) is 0 Å². The fraction of sp³-hybridized carbons (Fsp3) is 0.130. The molecule has 0 atom stereocenters. The zero-order chi connectivity index (χ0) is 18.6. The number of benzene rings is 2. The first kappa shape index (κ1) is 17.0. The van der Waals surface area contributed by atoms with E-state index in [0.29, 0.717) is 12.8 Å². The number of pyridine rings is 1. The van der Waals surface area contributed by atoms with Gasteiger partial charge in [-0.2, -0.15) is 0 Å². The summed E-state index contributed by atoms with van der Waals surface area (Å²) in [6.45, 7) is 1.99. The number of para-hydroxylation sites is 1. The zero-order valence-electron chi connectivity index (χ0n) is 15.2. The van der Waals surface area contributed by atoms with Crippen LogP contribution in [0, 0.1) is 6.92 Å². The molecule has 0 radical (unpaired) electrons. The summed E-state index contributed by atoms with van der Waals surface area (Å²) >= 11 is 0. The van der Waals surface area contributed by atoms with Crippen molar-refractivity contribution < 1.29 is 4.79 Å². The van der Waals surface area contributed by atoms with Crippen molar-refractivity contribution >= 4 is 17.2 Å². The summed E-state index contributed by atoms with van der Waals surface area (Å²) in [5.74, 6) is 0.00851. The molecule has 1 amide bonds. The van der Waals surface area contributed by atoms with Crippen molar-refractivity contribution in [2.24, 2.45) is 0 Å². The molecule has 4 nitrogen and oxygen atoms in total. The maximum Gasteiger partial charge on any atom is 0.224 e. The molecular weight excluding hydrogens is 334 g/mol. The molecule has 0 fully saturated rings. The van der Waals surface area contributed by atoms with E-state index in [-0.39, 0.29) is 5.91 Å². The fourth-order valence-corrected chi connectivity index (χ4v) is 3.27. The van der Waals surface area contributed by atoms with Crippen molar-refractivity contribution in [3.05, 3.63) is 90.3 Å². The van der Waals surface area contributed by atoms with Crippen LogP contribution in [0.1, 0.15) is 17.7 Å². The Kier molecular flexibility index (Phi) is 4.71. The molecule has 0 spiro atoms. The first-order chi connectivity index (χ1) is 13.2. The summed E-state index contributed by atoms with van der Waals surface area (Å²) in [5, 5.41) is 3.01. The summed E-state index contributed by atoms with van der Waals surface area (Å²) in [4.78, 5) is 17.3. The number of amides is 1. The van der Waals surface area contributed by atoms with E-state index in [1.165, 1.54) is 0 Å². The number of nitrogens with one attached hydrogen (secondary N) is 1. The molecule has 0 aliphatic carbocycles. The van der Waals surface area contributed by atoms with Gasteiger partial charge in [-0.1, -0.05) is 54.6 Å². The highest BCUT2D eigenvalue weighted by atomic mass is 16.1. The van der Waals surface area contributed by atoms with Crippen LogP contribution >= 0.6 is 0 Å². The molecule has 0 saturated carbocycles. The van der Waals surface area contributed by atoms with Crippen LogP contribution in [-0.4, -0.2) is 15.3 Å². The molecule has 2 heterocycles. The molecule has 4 heteroatoms. The Hall–Kier alpha value is -3.40. The minimum atomic E-state index is 0.00851. The van der Waals surface area contributed by atoms with Crippen LogP contribution in [0.4, 0.5) is 5.69 Å². The molecule has 4 aromatic rings. The lowest BCUT2D eigenvalue weighted by molar-refractivity contribution is -0.116. The molecule has 2 aromatic carbocycles. The van der Waals surface area contributed by atoms with E-state index in [4.69, 9.17) is 4.98 Å². The predicted molar refractivity (Wildman–Crippen MR) is 109 cm³/mol. The molecule has 27 heavy (non-hydrogen) atoms. The number of aryl methyl sites for hydroxylation is 2. The summed E-state index contributed by atoms with van der Waals surface area (Å²) in [6.07, 6.45) is 3.02. The summed E-state index contributed by atoms with van der Waals surface area (Å²) < 4.78 is 2.07. The molecule has 1 N–H and O–H groups in total. The smallest absolute Gasteiger partial charge is 0.224 e. The number of carbonyl (C=O) groups is 1. The van der Waals surface area contributed by atoms with Crippen LogP contribution in [-0.2, 0) is 11.2 Å². The molecule has 0 unspecified atom stereocenters. The van der Waals surface area contributed by atoms with Crippen LogP contribution in [0.15, 0.2) is 79.0 Å². The van der Waals surface area contributed by atoms with E-state index in [0.717, 1.165) is 33.8 Å². The van der Waals surface area contributed by atoms with E-state index in [9.17, 15) is 4.79 Å². The highest BCUT2D eigenvalue weighted by Gasteiger charge is 2.15. The maximum absolute atomic E-state index is 12.5. The van der Waals surface area contributed by atoms with E-state index < -0.39 is 0 Å². The van der Waals surface area contributed by atoms with Crippen molar-refractivity contribution in [1.82, 2.24) is 9.38 Å². The number of aromatic nitrogens is 2. The molecule has 0 aliphatic heterocycles. The number of hydrogen-bond acceptors (Lipinski definition) is 2. The Morgan fingerprint density at radius 1 is 0.963 bits per heavy atom. The van der Waals surface area contributed by atoms with Gasteiger partial charge in [0.2, 0.25) is 5.91 Å². The van der Waals surface area contributed by atoms with Gasteiger partial charge in [0.25, 0.3) is 0 Å². The van der Waals surface area contributed by atoms with Gasteiger partial charge in [0.05, 0.1) is 11.4 Å². The van der Waals surface area contributed by atoms with Gasteiger partial charge in [-0.25, -0.2) is 4.98 Å². The number of carbonyl (C=O) groups excluding carboxylic acids is 1. The van der Waals surface area contributed by atoms with Gasteiger partial charge in [0.1, 0.15) is 5.65 Å². The average Bonchev–Trinajstić information content (AvgIpc) is 3.07. The second kappa shape index (κ2) is 7.46. The summed E-state index contributed by atoms with van der Waals surface area (Å²) in [7, 11) is 0. The van der Waals surface area contributed by atoms with Crippen LogP contribution in [0.3, 0.4) is 0 Å². The third-order valence-corrected chi connectivity index (χ3v) is 4.68. The van der Waals surface area contributed by atoms with E-state index >= 15 is 0 Å². The molecule has 2 aromatic heterocycles. The third-order valence-electron chi connectivity index (χ3n) is 4.68. The Bertz CT molecular complexity index is 1080. The predicted octanol–water partition coefficient (Wildman–Crippen LogP) is 4.88. The largest absolute Gasteiger partial charge is 0.326 e. The number of hydrogen-bond donors (Lipinski definition) is 1. The van der Waals surface area contributed by atoms with E-state index in [1.807, 2.05) is 73.8 Å². The Morgan fingerprint density at radius 2 is 1.70 bits per heavy atom. The average molecular weight is 355 g/mol. The molecule has 0 bridgehead atoms. The number of fused-ring (bicyclic) bond motifs is 1. The zero-order valence-corrected chi connectivity index (χ0v) is 15.2. The minimum absolute atomic E-state index is 0.00851. The second-order valence-corrected chi connectivity index (χ2v) is 6.57. The van der Waals surface area contributed by atoms with Crippen LogP contribution in [0.25, 0.3) is 16.9 Å². The first-order valence-electron chi connectivity index (χ1n) is 9.09. The standard InChI is InChI=1S/C23H21N3O/c1-17-9-5-6-12-19(17)24-22(27)15-14-20-23(18-10-3-2-4-11-18)25-21-13-7-8-16-26(20)21/h2-13,16H,14-15H2,1H3,(H,24,27). The lowest BCUT2D eigenvalue weighted by Crippen LogP contribution is -2.13. The number of imidazole rings is 1. The van der Waals surface area contributed by atoms with Crippen LogP contribution < -0.4 is 5.32 Å². The maximum atomic E-state index is 12.5. The number of rotatable bonds is 5. The third kappa shape index (κ3) is 3.60. The molecule has 0 aliphatic rings. The van der Waals surface area contributed by atoms with Gasteiger partial charge < -0.3 is 9.72 Å². The molecule has 0 saturated heterocycles. The SMILES string of the molecule is Cc1ccccc1NC(=O)CCc1c(-c2ccccc2)nc2ccccn12. The fourth-order valence-electron chi connectivity index (χ4n) is 3.27. The number of nitrogens with zero attached hydrogens (tertiary/aromatic N) is 2. The Morgan fingerprint density at radius 3 is 2.52 bits per heavy atom. The molecular formula is C23H21N3O. The normalized spacial score (nSPS) is 10.9. The molecule has 134 valence electrons. The van der Waals surface area contributed by atoms with Gasteiger partial charge in [-0.3, -0.25) is 4.79 Å². The Labute approximate surface area is 158 Å². The van der Waals surface area contributed by atoms with Gasteiger partial charge in [-0.05, 0) is 37.1 Å². The van der Waals surface area contributed by atoms with Crippen LogP contribution in [0.5, 0.6) is 0 Å². The van der Waals surface area contributed by atoms with Crippen molar-refractivity contribution in [3.8, 4) is 11.3 Å². The minimum Gasteiger partial charge on any atom is -0.326 e. The van der Waals surface area contributed by atoms with Gasteiger partial charge in [-0.15, -0.1) is 0 Å². The van der Waals surface area contributed by atoms with Gasteiger partial charge in [0.15, 0.2) is 0 Å². The van der Waals surface area contributed by atoms with Crippen molar-refractivity contribution in [2.45, 2.75) is 19.8 Å². The second-order valence-electron chi connectivity index (χ2n) is 6.57. The lowest BCUT2D eigenvalue weighted by Gasteiger charge is -2.09. The highest BCUT2D eigenvalue weighted by molar-refractivity contribution is 5.91. The van der Waals surface area contributed by atoms with Crippen molar-refractivity contribution in [1.29, 1.82) is 0 Å². The summed E-state index contributed by atoms with van der Waals surface area (Å²) in [5.41, 5.74) is 5.87. The Balaban J connectivity index is 1.60. The topological polar surface area (TPSA) is 46.4 Å². The monoisotopic (exact) mass is 355 g/mol.